The first kappa shape index (κ1) is 11.9. The van der Waals surface area contributed by atoms with Crippen LogP contribution in [-0.2, 0) is 4.74 Å². The second-order valence-electron chi connectivity index (χ2n) is 3.87. The van der Waals surface area contributed by atoms with Crippen molar-refractivity contribution in [1.29, 1.82) is 0 Å². The lowest BCUT2D eigenvalue weighted by Crippen LogP contribution is -2.39. The van der Waals surface area contributed by atoms with E-state index in [0.29, 0.717) is 12.4 Å². The second kappa shape index (κ2) is 5.65. The molecule has 0 aliphatic carbocycles. The molecule has 94 valence electrons. The molecular formula is C10H17N5O2. The maximum Gasteiger partial charge on any atom is 0.276 e. The molecule has 0 unspecified atom stereocenters. The Balaban J connectivity index is 1.81. The molecule has 1 aliphatic rings. The van der Waals surface area contributed by atoms with E-state index in [0.717, 1.165) is 32.8 Å². The summed E-state index contributed by atoms with van der Waals surface area (Å²) in [5.41, 5.74) is 5.42. The van der Waals surface area contributed by atoms with Crippen molar-refractivity contribution in [3.8, 4) is 0 Å². The number of aromatic nitrogens is 2. The summed E-state index contributed by atoms with van der Waals surface area (Å²) in [4.78, 5) is 19.9. The van der Waals surface area contributed by atoms with Crippen molar-refractivity contribution < 1.29 is 4.74 Å². The van der Waals surface area contributed by atoms with Gasteiger partial charge in [0.05, 0.1) is 19.5 Å². The third kappa shape index (κ3) is 3.18. The summed E-state index contributed by atoms with van der Waals surface area (Å²) in [6.07, 6.45) is 1.34. The van der Waals surface area contributed by atoms with Crippen molar-refractivity contribution in [2.24, 2.45) is 0 Å². The van der Waals surface area contributed by atoms with Crippen LogP contribution in [0.25, 0.3) is 0 Å². The van der Waals surface area contributed by atoms with Crippen LogP contribution in [0.3, 0.4) is 0 Å². The van der Waals surface area contributed by atoms with Crippen molar-refractivity contribution in [2.75, 3.05) is 50.4 Å². The number of hydrogen-bond acceptors (Lipinski definition) is 6. The van der Waals surface area contributed by atoms with Gasteiger partial charge in [-0.05, 0) is 0 Å². The minimum absolute atomic E-state index is 0.134. The normalized spacial score (nSPS) is 16.9. The van der Waals surface area contributed by atoms with Crippen LogP contribution in [0, 0.1) is 0 Å². The molecule has 1 aliphatic heterocycles. The topological polar surface area (TPSA) is 96.3 Å². The molecule has 0 aromatic carbocycles. The minimum Gasteiger partial charge on any atom is -0.391 e. The summed E-state index contributed by atoms with van der Waals surface area (Å²) < 4.78 is 5.26. The lowest BCUT2D eigenvalue weighted by Gasteiger charge is -2.26. The fourth-order valence-electron chi connectivity index (χ4n) is 1.71. The van der Waals surface area contributed by atoms with Crippen LogP contribution < -0.4 is 16.6 Å². The number of hydrogen-bond donors (Lipinski definition) is 3. The molecule has 0 atom stereocenters. The average molecular weight is 239 g/mol. The number of rotatable bonds is 4. The molecule has 0 bridgehead atoms. The standard InChI is InChI=1S/C10H17N5O2/c11-8-9(13-7-14-10(8)16)12-1-2-15-3-5-17-6-4-15/h7H,1-6,11H2,(H2,12,13,14,16). The van der Waals surface area contributed by atoms with Gasteiger partial charge in [-0.15, -0.1) is 0 Å². The van der Waals surface area contributed by atoms with Gasteiger partial charge in [0, 0.05) is 26.2 Å². The molecule has 7 heteroatoms. The van der Waals surface area contributed by atoms with E-state index in [4.69, 9.17) is 10.5 Å². The SMILES string of the molecule is Nc1c(NCCN2CCOCC2)nc[nH]c1=O. The predicted molar refractivity (Wildman–Crippen MR) is 65.0 cm³/mol. The number of nitrogens with zero attached hydrogens (tertiary/aromatic N) is 2. The molecule has 7 nitrogen and oxygen atoms in total. The number of nitrogens with one attached hydrogen (secondary N) is 2. The molecule has 0 amide bonds. The molecule has 0 radical (unpaired) electrons. The van der Waals surface area contributed by atoms with Gasteiger partial charge in [0.15, 0.2) is 5.82 Å². The van der Waals surface area contributed by atoms with Crippen LogP contribution in [0.1, 0.15) is 0 Å². The second-order valence-corrected chi connectivity index (χ2v) is 3.87. The maximum absolute atomic E-state index is 11.2. The summed E-state index contributed by atoms with van der Waals surface area (Å²) in [6.45, 7) is 5.05. The molecule has 1 aromatic rings. The Morgan fingerprint density at radius 3 is 3.06 bits per heavy atom. The summed E-state index contributed by atoms with van der Waals surface area (Å²) in [6, 6.07) is 0. The molecule has 0 saturated carbocycles. The van der Waals surface area contributed by atoms with Gasteiger partial charge in [-0.25, -0.2) is 4.98 Å². The van der Waals surface area contributed by atoms with Crippen LogP contribution in [0.5, 0.6) is 0 Å². The van der Waals surface area contributed by atoms with Crippen LogP contribution in [0.2, 0.25) is 0 Å². The van der Waals surface area contributed by atoms with Gasteiger partial charge in [0.1, 0.15) is 5.69 Å². The third-order valence-corrected chi connectivity index (χ3v) is 2.71. The molecule has 1 saturated heterocycles. The van der Waals surface area contributed by atoms with Gasteiger partial charge >= 0.3 is 0 Å². The minimum atomic E-state index is -0.311. The van der Waals surface area contributed by atoms with Crippen molar-refractivity contribution in [3.63, 3.8) is 0 Å². The molecule has 4 N–H and O–H groups in total. The highest BCUT2D eigenvalue weighted by molar-refractivity contribution is 5.58. The van der Waals surface area contributed by atoms with E-state index in [1.165, 1.54) is 6.33 Å². The summed E-state index contributed by atoms with van der Waals surface area (Å²) in [7, 11) is 0. The largest absolute Gasteiger partial charge is 0.391 e. The van der Waals surface area contributed by atoms with Crippen molar-refractivity contribution in [3.05, 3.63) is 16.7 Å². The Hall–Kier alpha value is -1.60. The van der Waals surface area contributed by atoms with Crippen LogP contribution in [-0.4, -0.2) is 54.3 Å². The first-order valence-electron chi connectivity index (χ1n) is 5.64. The Kier molecular flexibility index (Phi) is 3.94. The predicted octanol–water partition coefficient (Wildman–Crippen LogP) is -0.904. The highest BCUT2D eigenvalue weighted by atomic mass is 16.5. The van der Waals surface area contributed by atoms with E-state index in [9.17, 15) is 4.79 Å². The molecule has 2 heterocycles. The van der Waals surface area contributed by atoms with Crippen molar-refractivity contribution >= 4 is 11.5 Å². The summed E-state index contributed by atoms with van der Waals surface area (Å²) in [5, 5.41) is 3.06. The monoisotopic (exact) mass is 239 g/mol. The lowest BCUT2D eigenvalue weighted by molar-refractivity contribution is 0.0398. The van der Waals surface area contributed by atoms with E-state index in [-0.39, 0.29) is 11.2 Å². The number of H-pyrrole nitrogens is 1. The Bertz CT molecular complexity index is 413. The summed E-state index contributed by atoms with van der Waals surface area (Å²) >= 11 is 0. The zero-order chi connectivity index (χ0) is 12.1. The van der Waals surface area contributed by atoms with E-state index in [2.05, 4.69) is 20.2 Å². The fourth-order valence-corrected chi connectivity index (χ4v) is 1.71. The molecule has 0 spiro atoms. The van der Waals surface area contributed by atoms with Gasteiger partial charge in [-0.1, -0.05) is 0 Å². The Labute approximate surface area is 99.0 Å². The third-order valence-electron chi connectivity index (χ3n) is 2.71. The molecular weight excluding hydrogens is 222 g/mol. The van der Waals surface area contributed by atoms with E-state index < -0.39 is 0 Å². The average Bonchev–Trinajstić information content (AvgIpc) is 2.36. The van der Waals surface area contributed by atoms with Crippen LogP contribution in [0.4, 0.5) is 11.5 Å². The van der Waals surface area contributed by atoms with E-state index in [1.54, 1.807) is 0 Å². The smallest absolute Gasteiger partial charge is 0.276 e. The van der Waals surface area contributed by atoms with Gasteiger partial charge < -0.3 is 20.8 Å². The molecule has 2 rings (SSSR count). The Morgan fingerprint density at radius 1 is 1.53 bits per heavy atom. The quantitative estimate of drug-likeness (QED) is 0.630. The number of anilines is 2. The molecule has 1 fully saturated rings. The molecule has 17 heavy (non-hydrogen) atoms. The lowest BCUT2D eigenvalue weighted by atomic mass is 10.4. The Morgan fingerprint density at radius 2 is 2.29 bits per heavy atom. The first-order chi connectivity index (χ1) is 8.27. The zero-order valence-corrected chi connectivity index (χ0v) is 9.61. The number of aromatic amines is 1. The van der Waals surface area contributed by atoms with Gasteiger partial charge in [0.25, 0.3) is 5.56 Å². The highest BCUT2D eigenvalue weighted by Gasteiger charge is 2.10. The number of ether oxygens (including phenoxy) is 1. The van der Waals surface area contributed by atoms with Crippen LogP contribution >= 0.6 is 0 Å². The van der Waals surface area contributed by atoms with Gasteiger partial charge in [-0.3, -0.25) is 9.69 Å². The van der Waals surface area contributed by atoms with E-state index >= 15 is 0 Å². The zero-order valence-electron chi connectivity index (χ0n) is 9.61. The number of nitrogens with two attached hydrogens (primary N) is 1. The molecule has 1 aromatic heterocycles. The number of morpholine rings is 1. The maximum atomic E-state index is 11.2. The van der Waals surface area contributed by atoms with E-state index in [1.807, 2.05) is 0 Å². The highest BCUT2D eigenvalue weighted by Crippen LogP contribution is 2.06. The number of nitrogen functional groups attached to an aromatic ring is 1. The first-order valence-corrected chi connectivity index (χ1v) is 5.64. The van der Waals surface area contributed by atoms with Crippen LogP contribution in [0.15, 0.2) is 11.1 Å². The van der Waals surface area contributed by atoms with Gasteiger partial charge in [0.2, 0.25) is 0 Å². The van der Waals surface area contributed by atoms with Crippen molar-refractivity contribution in [1.82, 2.24) is 14.9 Å². The summed E-state index contributed by atoms with van der Waals surface area (Å²) in [5.74, 6) is 0.446. The van der Waals surface area contributed by atoms with Crippen molar-refractivity contribution in [2.45, 2.75) is 0 Å². The van der Waals surface area contributed by atoms with Gasteiger partial charge in [-0.2, -0.15) is 0 Å². The fraction of sp³-hybridized carbons (Fsp3) is 0.600.